The molecule has 0 radical (unpaired) electrons. The minimum Gasteiger partial charge on any atom is -0.491 e. The van der Waals surface area contributed by atoms with Crippen LogP contribution in [0.15, 0.2) is 12.1 Å². The van der Waals surface area contributed by atoms with Gasteiger partial charge in [0.05, 0.1) is 18.1 Å². The monoisotopic (exact) mass is 333 g/mol. The van der Waals surface area contributed by atoms with Gasteiger partial charge in [0.1, 0.15) is 5.75 Å². The Kier molecular flexibility index (Phi) is 6.05. The molecule has 1 aromatic rings. The van der Waals surface area contributed by atoms with Gasteiger partial charge in [-0.2, -0.15) is 0 Å². The van der Waals surface area contributed by atoms with Crippen molar-refractivity contribution in [1.82, 2.24) is 4.98 Å². The molecule has 0 aromatic carbocycles. The van der Waals surface area contributed by atoms with E-state index in [4.69, 9.17) is 15.4 Å². The minimum absolute atomic E-state index is 0.0984. The van der Waals surface area contributed by atoms with Gasteiger partial charge in [-0.15, -0.1) is 0 Å². The van der Waals surface area contributed by atoms with E-state index in [1.54, 1.807) is 0 Å². The Labute approximate surface area is 132 Å². The fourth-order valence-corrected chi connectivity index (χ4v) is 3.49. The molecule has 1 unspecified atom stereocenters. The van der Waals surface area contributed by atoms with Gasteiger partial charge in [0.2, 0.25) is 9.05 Å². The Morgan fingerprint density at radius 2 is 1.95 bits per heavy atom. The Morgan fingerprint density at radius 3 is 2.43 bits per heavy atom. The smallest absolute Gasteiger partial charge is 0.233 e. The number of ether oxygens (including phenoxy) is 1. The van der Waals surface area contributed by atoms with E-state index in [1.807, 2.05) is 46.8 Å². The third-order valence-electron chi connectivity index (χ3n) is 3.47. The molecule has 1 rings (SSSR count). The summed E-state index contributed by atoms with van der Waals surface area (Å²) < 4.78 is 28.6. The topological polar surface area (TPSA) is 56.3 Å². The molecule has 1 atom stereocenters. The van der Waals surface area contributed by atoms with E-state index in [1.165, 1.54) is 0 Å². The van der Waals surface area contributed by atoms with Crippen LogP contribution in [-0.4, -0.2) is 25.8 Å². The summed E-state index contributed by atoms with van der Waals surface area (Å²) >= 11 is 0. The van der Waals surface area contributed by atoms with Crippen LogP contribution in [0.3, 0.4) is 0 Å². The molecule has 6 heteroatoms. The standard InChI is InChI=1S/C15H24ClNO3S/c1-6-13-14(8-7-11(2)17-13)20-9-12(15(3,4)5)10-21(16,18)19/h7-8,12H,6,9-10H2,1-5H3. The molecule has 1 aromatic heterocycles. The Hall–Kier alpha value is -0.810. The SMILES string of the molecule is CCc1nc(C)ccc1OCC(CS(=O)(=O)Cl)C(C)(C)C. The second-order valence-corrected chi connectivity index (χ2v) is 9.15. The summed E-state index contributed by atoms with van der Waals surface area (Å²) in [6.45, 7) is 10.2. The van der Waals surface area contributed by atoms with E-state index in [9.17, 15) is 8.42 Å². The lowest BCUT2D eigenvalue weighted by atomic mass is 9.82. The van der Waals surface area contributed by atoms with Crippen molar-refractivity contribution in [3.63, 3.8) is 0 Å². The van der Waals surface area contributed by atoms with E-state index < -0.39 is 9.05 Å². The second kappa shape index (κ2) is 6.97. The Morgan fingerprint density at radius 1 is 1.33 bits per heavy atom. The lowest BCUT2D eigenvalue weighted by Gasteiger charge is -2.29. The molecule has 0 spiro atoms. The third-order valence-corrected chi connectivity index (χ3v) is 4.65. The van der Waals surface area contributed by atoms with Gasteiger partial charge >= 0.3 is 0 Å². The van der Waals surface area contributed by atoms with Crippen LogP contribution in [0, 0.1) is 18.3 Å². The number of halogens is 1. The largest absolute Gasteiger partial charge is 0.491 e. The van der Waals surface area contributed by atoms with E-state index in [0.717, 1.165) is 17.8 Å². The zero-order valence-electron chi connectivity index (χ0n) is 13.3. The molecule has 0 fully saturated rings. The van der Waals surface area contributed by atoms with E-state index in [-0.39, 0.29) is 17.1 Å². The zero-order valence-corrected chi connectivity index (χ0v) is 14.9. The van der Waals surface area contributed by atoms with Gasteiger partial charge in [0, 0.05) is 22.3 Å². The third kappa shape index (κ3) is 6.22. The number of hydrogen-bond donors (Lipinski definition) is 0. The number of hydrogen-bond acceptors (Lipinski definition) is 4. The summed E-state index contributed by atoms with van der Waals surface area (Å²) in [7, 11) is 1.84. The molecular formula is C15H24ClNO3S. The molecule has 0 aliphatic carbocycles. The molecule has 0 saturated heterocycles. The highest BCUT2D eigenvalue weighted by atomic mass is 35.7. The van der Waals surface area contributed by atoms with Crippen LogP contribution in [0.2, 0.25) is 0 Å². The Bertz CT molecular complexity index is 579. The van der Waals surface area contributed by atoms with Gasteiger partial charge < -0.3 is 4.74 Å². The van der Waals surface area contributed by atoms with Gasteiger partial charge in [0.15, 0.2) is 0 Å². The number of pyridine rings is 1. The van der Waals surface area contributed by atoms with Crippen LogP contribution in [0.25, 0.3) is 0 Å². The highest BCUT2D eigenvalue weighted by Crippen LogP contribution is 2.29. The number of rotatable bonds is 6. The fourth-order valence-electron chi connectivity index (χ4n) is 1.96. The van der Waals surface area contributed by atoms with E-state index in [0.29, 0.717) is 12.4 Å². The maximum absolute atomic E-state index is 11.4. The summed E-state index contributed by atoms with van der Waals surface area (Å²) in [4.78, 5) is 4.44. The first kappa shape index (κ1) is 18.2. The van der Waals surface area contributed by atoms with Crippen molar-refractivity contribution in [2.45, 2.75) is 41.0 Å². The summed E-state index contributed by atoms with van der Waals surface area (Å²) in [6.07, 6.45) is 0.769. The predicted octanol–water partition coefficient (Wildman–Crippen LogP) is 3.56. The highest BCUT2D eigenvalue weighted by Gasteiger charge is 2.29. The molecule has 120 valence electrons. The maximum atomic E-state index is 11.4. The first-order valence-electron chi connectivity index (χ1n) is 7.04. The molecule has 0 bridgehead atoms. The van der Waals surface area contributed by atoms with Crippen molar-refractivity contribution in [3.8, 4) is 5.75 Å². The first-order chi connectivity index (χ1) is 9.53. The fraction of sp³-hybridized carbons (Fsp3) is 0.667. The number of nitrogens with zero attached hydrogens (tertiary/aromatic N) is 1. The van der Waals surface area contributed by atoms with Crippen LogP contribution in [-0.2, 0) is 15.5 Å². The molecular weight excluding hydrogens is 310 g/mol. The average molecular weight is 334 g/mol. The number of aromatic nitrogens is 1. The molecule has 0 aliphatic rings. The molecule has 0 N–H and O–H groups in total. The van der Waals surface area contributed by atoms with Gasteiger partial charge in [-0.25, -0.2) is 8.42 Å². The summed E-state index contributed by atoms with van der Waals surface area (Å²) in [5.41, 5.74) is 1.61. The van der Waals surface area contributed by atoms with Crippen molar-refractivity contribution in [2.75, 3.05) is 12.4 Å². The molecule has 4 nitrogen and oxygen atoms in total. The van der Waals surface area contributed by atoms with Gasteiger partial charge in [-0.1, -0.05) is 27.7 Å². The van der Waals surface area contributed by atoms with Crippen LogP contribution in [0.1, 0.15) is 39.1 Å². The molecule has 0 amide bonds. The normalized spacial score (nSPS) is 14.0. The van der Waals surface area contributed by atoms with E-state index in [2.05, 4.69) is 4.98 Å². The quantitative estimate of drug-likeness (QED) is 0.747. The molecule has 21 heavy (non-hydrogen) atoms. The van der Waals surface area contributed by atoms with Crippen LogP contribution >= 0.6 is 10.7 Å². The van der Waals surface area contributed by atoms with Crippen molar-refractivity contribution in [1.29, 1.82) is 0 Å². The van der Waals surface area contributed by atoms with Gasteiger partial charge in [0.25, 0.3) is 0 Å². The van der Waals surface area contributed by atoms with Crippen LogP contribution < -0.4 is 4.74 Å². The first-order valence-corrected chi connectivity index (χ1v) is 9.52. The van der Waals surface area contributed by atoms with Gasteiger partial charge in [-0.05, 0) is 30.9 Å². The lowest BCUT2D eigenvalue weighted by molar-refractivity contribution is 0.162. The molecule has 1 heterocycles. The zero-order chi connectivity index (χ0) is 16.3. The molecule has 0 saturated carbocycles. The molecule has 0 aliphatic heterocycles. The van der Waals surface area contributed by atoms with Crippen LogP contribution in [0.4, 0.5) is 0 Å². The predicted molar refractivity (Wildman–Crippen MR) is 86.4 cm³/mol. The summed E-state index contributed by atoms with van der Waals surface area (Å²) in [5, 5.41) is 0. The highest BCUT2D eigenvalue weighted by molar-refractivity contribution is 8.13. The maximum Gasteiger partial charge on any atom is 0.233 e. The van der Waals surface area contributed by atoms with E-state index >= 15 is 0 Å². The van der Waals surface area contributed by atoms with Crippen molar-refractivity contribution in [3.05, 3.63) is 23.5 Å². The summed E-state index contributed by atoms with van der Waals surface area (Å²) in [6, 6.07) is 3.77. The van der Waals surface area contributed by atoms with Gasteiger partial charge in [-0.3, -0.25) is 4.98 Å². The number of aryl methyl sites for hydroxylation is 2. The Balaban J connectivity index is 2.87. The summed E-state index contributed by atoms with van der Waals surface area (Å²) in [5.74, 6) is 0.425. The van der Waals surface area contributed by atoms with Crippen LogP contribution in [0.5, 0.6) is 5.75 Å². The van der Waals surface area contributed by atoms with Crippen molar-refractivity contribution >= 4 is 19.7 Å². The van der Waals surface area contributed by atoms with Crippen molar-refractivity contribution < 1.29 is 13.2 Å². The van der Waals surface area contributed by atoms with Crippen molar-refractivity contribution in [2.24, 2.45) is 11.3 Å². The second-order valence-electron chi connectivity index (χ2n) is 6.33. The average Bonchev–Trinajstić information content (AvgIpc) is 2.32. The minimum atomic E-state index is -3.56. The lowest BCUT2D eigenvalue weighted by Crippen LogP contribution is -2.32.